The van der Waals surface area contributed by atoms with E-state index in [4.69, 9.17) is 11.1 Å². The Kier molecular flexibility index (Phi) is 3.12. The molecule has 0 aliphatic rings. The Balaban J connectivity index is 2.67. The van der Waals surface area contributed by atoms with Crippen LogP contribution in [0.3, 0.4) is 0 Å². The molecule has 0 amide bonds. The van der Waals surface area contributed by atoms with E-state index in [0.717, 1.165) is 0 Å². The highest BCUT2D eigenvalue weighted by atomic mass is 32.2. The average Bonchev–Trinajstić information content (AvgIpc) is 2.26. The second kappa shape index (κ2) is 4.45. The second-order valence-corrected chi connectivity index (χ2v) is 4.36. The van der Waals surface area contributed by atoms with Crippen LogP contribution < -0.4 is 5.73 Å². The largest absolute Gasteiger partial charge is 0.436 e. The maximum Gasteiger partial charge on any atom is 0.436 e. The molecule has 1 heterocycles. The van der Waals surface area contributed by atoms with Crippen molar-refractivity contribution in [3.05, 3.63) is 30.0 Å². The first-order valence-electron chi connectivity index (χ1n) is 4.74. The second-order valence-electron chi connectivity index (χ2n) is 3.33. The molecule has 4 nitrogen and oxygen atoms in total. The SMILES string of the molecule is N=C(N)Sc1nc2ccccc2nc1C(F)(F)F. The molecule has 0 unspecified atom stereocenters. The van der Waals surface area contributed by atoms with Crippen LogP contribution in [0.2, 0.25) is 0 Å². The summed E-state index contributed by atoms with van der Waals surface area (Å²) < 4.78 is 38.4. The van der Waals surface area contributed by atoms with Gasteiger partial charge in [-0.25, -0.2) is 9.97 Å². The summed E-state index contributed by atoms with van der Waals surface area (Å²) in [6, 6.07) is 6.22. The van der Waals surface area contributed by atoms with E-state index in [0.29, 0.717) is 17.3 Å². The van der Waals surface area contributed by atoms with Crippen molar-refractivity contribution in [2.45, 2.75) is 11.2 Å². The summed E-state index contributed by atoms with van der Waals surface area (Å²) in [6.45, 7) is 0. The third kappa shape index (κ3) is 2.53. The highest BCUT2D eigenvalue weighted by Gasteiger charge is 2.37. The van der Waals surface area contributed by atoms with E-state index in [1.54, 1.807) is 18.2 Å². The maximum absolute atomic E-state index is 12.8. The number of nitrogens with zero attached hydrogens (tertiary/aromatic N) is 2. The fourth-order valence-corrected chi connectivity index (χ4v) is 1.95. The van der Waals surface area contributed by atoms with Crippen LogP contribution in [0.25, 0.3) is 11.0 Å². The van der Waals surface area contributed by atoms with Gasteiger partial charge in [-0.15, -0.1) is 0 Å². The van der Waals surface area contributed by atoms with Gasteiger partial charge < -0.3 is 5.73 Å². The van der Waals surface area contributed by atoms with E-state index in [2.05, 4.69) is 9.97 Å². The number of aromatic nitrogens is 2. The Morgan fingerprint density at radius 1 is 1.17 bits per heavy atom. The molecule has 1 aromatic carbocycles. The van der Waals surface area contributed by atoms with Gasteiger partial charge >= 0.3 is 6.18 Å². The van der Waals surface area contributed by atoms with Gasteiger partial charge in [0.2, 0.25) is 0 Å². The molecule has 0 aliphatic heterocycles. The first-order valence-corrected chi connectivity index (χ1v) is 5.55. The molecule has 0 bridgehead atoms. The summed E-state index contributed by atoms with van der Waals surface area (Å²) in [5.74, 6) is 0. The van der Waals surface area contributed by atoms with Crippen LogP contribution in [0.1, 0.15) is 5.69 Å². The van der Waals surface area contributed by atoms with Crippen molar-refractivity contribution in [3.8, 4) is 0 Å². The first-order chi connectivity index (χ1) is 8.38. The fourth-order valence-electron chi connectivity index (χ4n) is 1.34. The van der Waals surface area contributed by atoms with E-state index in [-0.39, 0.29) is 5.52 Å². The molecule has 1 aromatic heterocycles. The summed E-state index contributed by atoms with van der Waals surface area (Å²) >= 11 is 0.434. The molecule has 0 radical (unpaired) electrons. The Morgan fingerprint density at radius 3 is 2.22 bits per heavy atom. The standard InChI is InChI=1S/C10H7F3N4S/c11-10(12,13)7-8(18-9(14)15)17-6-4-2-1-3-5(6)16-7/h1-4H,(H3,14,15). The molecule has 0 saturated carbocycles. The van der Waals surface area contributed by atoms with E-state index < -0.39 is 22.1 Å². The van der Waals surface area contributed by atoms with Crippen LogP contribution in [0.5, 0.6) is 0 Å². The number of thioether (sulfide) groups is 1. The summed E-state index contributed by atoms with van der Waals surface area (Å²) in [5.41, 5.74) is 4.45. The van der Waals surface area contributed by atoms with Gasteiger partial charge in [0, 0.05) is 0 Å². The van der Waals surface area contributed by atoms with Crippen LogP contribution in [0.15, 0.2) is 29.3 Å². The maximum atomic E-state index is 12.8. The summed E-state index contributed by atoms with van der Waals surface area (Å²) in [7, 11) is 0. The highest BCUT2D eigenvalue weighted by Crippen LogP contribution is 2.35. The number of para-hydroxylation sites is 2. The van der Waals surface area contributed by atoms with Gasteiger partial charge in [0.1, 0.15) is 5.03 Å². The van der Waals surface area contributed by atoms with Crippen molar-refractivity contribution in [1.29, 1.82) is 5.41 Å². The van der Waals surface area contributed by atoms with E-state index in [1.165, 1.54) is 6.07 Å². The van der Waals surface area contributed by atoms with Crippen molar-refractivity contribution in [1.82, 2.24) is 9.97 Å². The van der Waals surface area contributed by atoms with Crippen molar-refractivity contribution < 1.29 is 13.2 Å². The Labute approximate surface area is 104 Å². The number of rotatable bonds is 1. The normalized spacial score (nSPS) is 11.7. The Hall–Kier alpha value is -1.83. The first kappa shape index (κ1) is 12.6. The van der Waals surface area contributed by atoms with Crippen LogP contribution in [-0.4, -0.2) is 15.1 Å². The van der Waals surface area contributed by atoms with Gasteiger partial charge in [-0.1, -0.05) is 12.1 Å². The van der Waals surface area contributed by atoms with Gasteiger partial charge in [-0.05, 0) is 23.9 Å². The lowest BCUT2D eigenvalue weighted by atomic mass is 10.3. The van der Waals surface area contributed by atoms with E-state index in [1.807, 2.05) is 0 Å². The number of amidine groups is 1. The number of nitrogens with one attached hydrogen (secondary N) is 1. The number of benzene rings is 1. The van der Waals surface area contributed by atoms with Crippen molar-refractivity contribution in [2.75, 3.05) is 0 Å². The third-order valence-corrected chi connectivity index (χ3v) is 2.71. The molecule has 94 valence electrons. The van der Waals surface area contributed by atoms with Gasteiger partial charge in [0.15, 0.2) is 10.9 Å². The van der Waals surface area contributed by atoms with Gasteiger partial charge in [-0.3, -0.25) is 5.41 Å². The number of hydrogen-bond acceptors (Lipinski definition) is 4. The Bertz CT molecular complexity index is 612. The van der Waals surface area contributed by atoms with Gasteiger partial charge in [0.25, 0.3) is 0 Å². The monoisotopic (exact) mass is 272 g/mol. The molecule has 0 saturated heterocycles. The minimum Gasteiger partial charge on any atom is -0.378 e. The van der Waals surface area contributed by atoms with Crippen molar-refractivity contribution >= 4 is 28.0 Å². The molecule has 0 aliphatic carbocycles. The van der Waals surface area contributed by atoms with Crippen LogP contribution >= 0.6 is 11.8 Å². The molecule has 18 heavy (non-hydrogen) atoms. The predicted octanol–water partition coefficient (Wildman–Crippen LogP) is 2.63. The highest BCUT2D eigenvalue weighted by molar-refractivity contribution is 8.13. The lowest BCUT2D eigenvalue weighted by Crippen LogP contribution is -2.14. The zero-order chi connectivity index (χ0) is 13.3. The number of nitrogens with two attached hydrogens (primary N) is 1. The lowest BCUT2D eigenvalue weighted by Gasteiger charge is -2.11. The molecular weight excluding hydrogens is 265 g/mol. The number of hydrogen-bond donors (Lipinski definition) is 2. The minimum atomic E-state index is -4.63. The third-order valence-electron chi connectivity index (χ3n) is 2.01. The lowest BCUT2D eigenvalue weighted by molar-refractivity contribution is -0.143. The smallest absolute Gasteiger partial charge is 0.378 e. The summed E-state index contributed by atoms with van der Waals surface area (Å²) in [6.07, 6.45) is -4.63. The zero-order valence-electron chi connectivity index (χ0n) is 8.82. The average molecular weight is 272 g/mol. The topological polar surface area (TPSA) is 75.7 Å². The van der Waals surface area contributed by atoms with Crippen LogP contribution in [0, 0.1) is 5.41 Å². The molecule has 3 N–H and O–H groups in total. The summed E-state index contributed by atoms with van der Waals surface area (Å²) in [4.78, 5) is 7.38. The predicted molar refractivity (Wildman–Crippen MR) is 62.3 cm³/mol. The quantitative estimate of drug-likeness (QED) is 0.475. The van der Waals surface area contributed by atoms with Crippen molar-refractivity contribution in [2.24, 2.45) is 5.73 Å². The van der Waals surface area contributed by atoms with E-state index in [9.17, 15) is 13.2 Å². The fraction of sp³-hybridized carbons (Fsp3) is 0.100. The van der Waals surface area contributed by atoms with Crippen molar-refractivity contribution in [3.63, 3.8) is 0 Å². The molecule has 8 heteroatoms. The van der Waals surface area contributed by atoms with Crippen LogP contribution in [-0.2, 0) is 6.18 Å². The Morgan fingerprint density at radius 2 is 1.72 bits per heavy atom. The minimum absolute atomic E-state index is 0.151. The molecule has 0 fully saturated rings. The molecule has 2 aromatic rings. The van der Waals surface area contributed by atoms with Gasteiger partial charge in [0.05, 0.1) is 11.0 Å². The zero-order valence-corrected chi connectivity index (χ0v) is 9.64. The number of halogens is 3. The molecule has 0 atom stereocenters. The molecular formula is C10H7F3N4S. The number of fused-ring (bicyclic) bond motifs is 1. The van der Waals surface area contributed by atoms with E-state index >= 15 is 0 Å². The number of alkyl halides is 3. The summed E-state index contributed by atoms with van der Waals surface area (Å²) in [5, 5.41) is 6.17. The van der Waals surface area contributed by atoms with Crippen LogP contribution in [0.4, 0.5) is 13.2 Å². The van der Waals surface area contributed by atoms with Gasteiger partial charge in [-0.2, -0.15) is 13.2 Å². The molecule has 2 rings (SSSR count). The molecule has 0 spiro atoms.